The van der Waals surface area contributed by atoms with E-state index in [9.17, 15) is 18.0 Å². The fourth-order valence-electron chi connectivity index (χ4n) is 4.73. The molecule has 1 N–H and O–H groups in total. The van der Waals surface area contributed by atoms with Crippen LogP contribution in [0, 0.1) is 0 Å². The van der Waals surface area contributed by atoms with Crippen LogP contribution in [0.4, 0.5) is 5.69 Å². The minimum atomic E-state index is -3.89. The molecule has 9 nitrogen and oxygen atoms in total. The second-order valence-electron chi connectivity index (χ2n) is 10.2. The summed E-state index contributed by atoms with van der Waals surface area (Å²) in [6.45, 7) is 1.74. The van der Waals surface area contributed by atoms with E-state index in [0.717, 1.165) is 21.7 Å². The van der Waals surface area contributed by atoms with Crippen LogP contribution in [0.3, 0.4) is 0 Å². The average Bonchev–Trinajstić information content (AvgIpc) is 3.02. The molecule has 4 aromatic carbocycles. The van der Waals surface area contributed by atoms with E-state index in [2.05, 4.69) is 5.32 Å². The Labute approximate surface area is 259 Å². The molecular weight excluding hydrogens is 578 g/mol. The summed E-state index contributed by atoms with van der Waals surface area (Å²) in [5.74, 6) is 0.885. The van der Waals surface area contributed by atoms with Crippen molar-refractivity contribution in [3.8, 4) is 17.2 Å². The first kappa shape index (κ1) is 32.1. The van der Waals surface area contributed by atoms with Gasteiger partial charge in [0, 0.05) is 19.5 Å². The second-order valence-corrected chi connectivity index (χ2v) is 12.1. The summed E-state index contributed by atoms with van der Waals surface area (Å²) >= 11 is 0. The van der Waals surface area contributed by atoms with Gasteiger partial charge in [-0.15, -0.1) is 0 Å². The van der Waals surface area contributed by atoms with Crippen molar-refractivity contribution in [1.29, 1.82) is 0 Å². The summed E-state index contributed by atoms with van der Waals surface area (Å²) < 4.78 is 38.3. The minimum absolute atomic E-state index is 0.0616. The number of sulfonamides is 1. The zero-order valence-electron chi connectivity index (χ0n) is 25.1. The number of carbonyl (C=O) groups is 2. The number of nitrogens with zero attached hydrogens (tertiary/aromatic N) is 2. The van der Waals surface area contributed by atoms with Crippen LogP contribution in [0.25, 0.3) is 0 Å². The number of ether oxygens (including phenoxy) is 2. The van der Waals surface area contributed by atoms with Gasteiger partial charge in [-0.3, -0.25) is 13.9 Å². The number of likely N-dealkylation sites (N-methyl/N-ethyl adjacent to an activating group) is 1. The first-order valence-electron chi connectivity index (χ1n) is 14.2. The Morgan fingerprint density at radius 3 is 2.00 bits per heavy atom. The van der Waals surface area contributed by atoms with E-state index in [1.54, 1.807) is 49.6 Å². The second kappa shape index (κ2) is 15.1. The van der Waals surface area contributed by atoms with Crippen LogP contribution < -0.4 is 19.1 Å². The van der Waals surface area contributed by atoms with Crippen molar-refractivity contribution in [3.05, 3.63) is 120 Å². The molecule has 1 atom stereocenters. The van der Waals surface area contributed by atoms with E-state index in [1.165, 1.54) is 4.90 Å². The van der Waals surface area contributed by atoms with Crippen molar-refractivity contribution < 1.29 is 27.5 Å². The Kier molecular flexibility index (Phi) is 11.0. The van der Waals surface area contributed by atoms with E-state index in [-0.39, 0.29) is 18.9 Å². The summed E-state index contributed by atoms with van der Waals surface area (Å²) in [6, 6.07) is 31.4. The largest absolute Gasteiger partial charge is 0.497 e. The highest BCUT2D eigenvalue weighted by molar-refractivity contribution is 7.92. The first-order chi connectivity index (χ1) is 21.2. The van der Waals surface area contributed by atoms with Gasteiger partial charge in [-0.1, -0.05) is 60.7 Å². The van der Waals surface area contributed by atoms with Crippen molar-refractivity contribution in [1.82, 2.24) is 10.2 Å². The molecule has 0 spiro atoms. The predicted molar refractivity (Wildman–Crippen MR) is 171 cm³/mol. The lowest BCUT2D eigenvalue weighted by Gasteiger charge is -2.33. The van der Waals surface area contributed by atoms with Crippen molar-refractivity contribution in [2.24, 2.45) is 0 Å². The summed E-state index contributed by atoms with van der Waals surface area (Å²) in [5, 5.41) is 2.85. The highest BCUT2D eigenvalue weighted by atomic mass is 32.2. The molecule has 44 heavy (non-hydrogen) atoms. The molecule has 0 saturated carbocycles. The fourth-order valence-corrected chi connectivity index (χ4v) is 5.58. The van der Waals surface area contributed by atoms with Gasteiger partial charge < -0.3 is 19.7 Å². The average molecular weight is 616 g/mol. The Morgan fingerprint density at radius 1 is 0.795 bits per heavy atom. The van der Waals surface area contributed by atoms with Crippen LogP contribution in [0.15, 0.2) is 109 Å². The number of carbonyl (C=O) groups excluding carboxylic acids is 2. The van der Waals surface area contributed by atoms with E-state index in [0.29, 0.717) is 29.5 Å². The van der Waals surface area contributed by atoms with Gasteiger partial charge in [-0.05, 0) is 66.6 Å². The fraction of sp³-hybridized carbons (Fsp3) is 0.235. The van der Waals surface area contributed by atoms with Gasteiger partial charge in [0.1, 0.15) is 29.8 Å². The first-order valence-corrected chi connectivity index (χ1v) is 16.1. The van der Waals surface area contributed by atoms with Crippen LogP contribution in [-0.2, 0) is 32.6 Å². The highest BCUT2D eigenvalue weighted by Crippen LogP contribution is 2.26. The lowest BCUT2D eigenvalue weighted by Crippen LogP contribution is -2.53. The maximum absolute atomic E-state index is 14.2. The van der Waals surface area contributed by atoms with E-state index in [4.69, 9.17) is 9.47 Å². The molecule has 0 bridgehead atoms. The standard InChI is InChI=1S/C34H37N3O6S/c1-4-35-34(39)32(23-26-12-7-5-8-13-26)36(24-27-14-11-17-31(22-27)42-2)33(38)25-37(44(3,40)41)28-18-20-30(21-19-28)43-29-15-9-6-10-16-29/h5-22,32H,4,23-25H2,1-3H3,(H,35,39)/t32-/m0/s1. The minimum Gasteiger partial charge on any atom is -0.497 e. The molecule has 4 rings (SSSR count). The van der Waals surface area contributed by atoms with Gasteiger partial charge in [0.2, 0.25) is 21.8 Å². The third-order valence-corrected chi connectivity index (χ3v) is 8.03. The van der Waals surface area contributed by atoms with Gasteiger partial charge in [-0.25, -0.2) is 8.42 Å². The summed E-state index contributed by atoms with van der Waals surface area (Å²) in [4.78, 5) is 29.1. The monoisotopic (exact) mass is 615 g/mol. The lowest BCUT2D eigenvalue weighted by molar-refractivity contribution is -0.140. The van der Waals surface area contributed by atoms with E-state index in [1.807, 2.05) is 73.7 Å². The number of benzene rings is 4. The number of anilines is 1. The topological polar surface area (TPSA) is 105 Å². The highest BCUT2D eigenvalue weighted by Gasteiger charge is 2.33. The van der Waals surface area contributed by atoms with Crippen molar-refractivity contribution >= 4 is 27.5 Å². The van der Waals surface area contributed by atoms with E-state index < -0.39 is 28.5 Å². The molecule has 230 valence electrons. The molecule has 0 heterocycles. The molecule has 2 amide bonds. The third-order valence-electron chi connectivity index (χ3n) is 6.89. The SMILES string of the molecule is CCNC(=O)[C@H](Cc1ccccc1)N(Cc1cccc(OC)c1)C(=O)CN(c1ccc(Oc2ccccc2)cc1)S(C)(=O)=O. The van der Waals surface area contributed by atoms with Gasteiger partial charge in [0.05, 0.1) is 19.1 Å². The zero-order valence-corrected chi connectivity index (χ0v) is 25.9. The number of rotatable bonds is 14. The number of hydrogen-bond acceptors (Lipinski definition) is 6. The molecule has 4 aromatic rings. The molecule has 0 saturated heterocycles. The Hall–Kier alpha value is -4.83. The summed E-state index contributed by atoms with van der Waals surface area (Å²) in [5.41, 5.74) is 1.88. The molecule has 0 fully saturated rings. The molecular formula is C34H37N3O6S. The molecule has 0 aliphatic carbocycles. The number of para-hydroxylation sites is 1. The third kappa shape index (κ3) is 8.84. The predicted octanol–water partition coefficient (Wildman–Crippen LogP) is 5.03. The van der Waals surface area contributed by atoms with Crippen LogP contribution in [0.1, 0.15) is 18.1 Å². The molecule has 10 heteroatoms. The number of methoxy groups -OCH3 is 1. The summed E-state index contributed by atoms with van der Waals surface area (Å²) in [6.07, 6.45) is 1.29. The zero-order chi connectivity index (χ0) is 31.5. The van der Waals surface area contributed by atoms with Crippen LogP contribution in [0.5, 0.6) is 17.2 Å². The Bertz CT molecular complexity index is 1630. The Morgan fingerprint density at radius 2 is 1.39 bits per heavy atom. The Balaban J connectivity index is 1.67. The molecule has 0 aromatic heterocycles. The van der Waals surface area contributed by atoms with Gasteiger partial charge in [-0.2, -0.15) is 0 Å². The molecule has 0 unspecified atom stereocenters. The molecule has 0 aliphatic heterocycles. The lowest BCUT2D eigenvalue weighted by atomic mass is 10.0. The van der Waals surface area contributed by atoms with Gasteiger partial charge in [0.15, 0.2) is 0 Å². The van der Waals surface area contributed by atoms with Gasteiger partial charge >= 0.3 is 0 Å². The van der Waals surface area contributed by atoms with Crippen molar-refractivity contribution in [2.45, 2.75) is 25.9 Å². The molecule has 0 radical (unpaired) electrons. The van der Waals surface area contributed by atoms with E-state index >= 15 is 0 Å². The number of nitrogens with one attached hydrogen (secondary N) is 1. The van der Waals surface area contributed by atoms with Crippen LogP contribution in [0.2, 0.25) is 0 Å². The maximum atomic E-state index is 14.2. The number of hydrogen-bond donors (Lipinski definition) is 1. The smallest absolute Gasteiger partial charge is 0.244 e. The maximum Gasteiger partial charge on any atom is 0.244 e. The van der Waals surface area contributed by atoms with Crippen molar-refractivity contribution in [2.75, 3.05) is 30.8 Å². The normalized spacial score (nSPS) is 11.7. The van der Waals surface area contributed by atoms with Crippen molar-refractivity contribution in [3.63, 3.8) is 0 Å². The quantitative estimate of drug-likeness (QED) is 0.213. The van der Waals surface area contributed by atoms with Crippen LogP contribution >= 0.6 is 0 Å². The van der Waals surface area contributed by atoms with Crippen LogP contribution in [-0.4, -0.2) is 57.6 Å². The number of amides is 2. The van der Waals surface area contributed by atoms with Gasteiger partial charge in [0.25, 0.3) is 0 Å². The molecule has 0 aliphatic rings. The summed E-state index contributed by atoms with van der Waals surface area (Å²) in [7, 11) is -2.34.